The van der Waals surface area contributed by atoms with E-state index in [2.05, 4.69) is 20.6 Å². The molecule has 128 valence electrons. The largest absolute Gasteiger partial charge is 0.475 e. The highest BCUT2D eigenvalue weighted by molar-refractivity contribution is 5.92. The zero-order valence-electron chi connectivity index (χ0n) is 14.8. The van der Waals surface area contributed by atoms with Gasteiger partial charge in [-0.25, -0.2) is 4.98 Å². The van der Waals surface area contributed by atoms with Gasteiger partial charge in [0.05, 0.1) is 6.10 Å². The maximum Gasteiger partial charge on any atom is 0.226 e. The molecule has 2 aromatic rings. The Kier molecular flexibility index (Phi) is 5.73. The summed E-state index contributed by atoms with van der Waals surface area (Å²) in [6.45, 7) is 9.45. The molecular formula is C18H24N4O2. The van der Waals surface area contributed by atoms with Gasteiger partial charge in [0.25, 0.3) is 0 Å². The average molecular weight is 328 g/mol. The van der Waals surface area contributed by atoms with Crippen molar-refractivity contribution in [1.82, 2.24) is 9.97 Å². The van der Waals surface area contributed by atoms with Gasteiger partial charge in [-0.2, -0.15) is 4.98 Å². The predicted molar refractivity (Wildman–Crippen MR) is 95.7 cm³/mol. The van der Waals surface area contributed by atoms with Gasteiger partial charge in [-0.3, -0.25) is 4.79 Å². The molecule has 0 bridgehead atoms. The molecule has 6 nitrogen and oxygen atoms in total. The average Bonchev–Trinajstić information content (AvgIpc) is 2.47. The number of carbonyl (C=O) groups excluding carboxylic acids is 1. The summed E-state index contributed by atoms with van der Waals surface area (Å²) >= 11 is 0. The Hall–Kier alpha value is -2.63. The summed E-state index contributed by atoms with van der Waals surface area (Å²) in [6.07, 6.45) is 0.0519. The second-order valence-electron chi connectivity index (χ2n) is 6.15. The third-order valence-corrected chi connectivity index (χ3v) is 3.12. The van der Waals surface area contributed by atoms with E-state index in [-0.39, 0.29) is 17.9 Å². The lowest BCUT2D eigenvalue weighted by Crippen LogP contribution is -2.17. The van der Waals surface area contributed by atoms with Crippen molar-refractivity contribution in [1.29, 1.82) is 0 Å². The predicted octanol–water partition coefficient (Wildman–Crippen LogP) is 3.91. The van der Waals surface area contributed by atoms with Crippen LogP contribution < -0.4 is 15.4 Å². The molecule has 0 unspecified atom stereocenters. The Bertz CT molecular complexity index is 697. The van der Waals surface area contributed by atoms with Crippen molar-refractivity contribution in [3.63, 3.8) is 0 Å². The first-order chi connectivity index (χ1) is 11.3. The molecule has 2 rings (SSSR count). The van der Waals surface area contributed by atoms with Crippen LogP contribution >= 0.6 is 0 Å². The molecule has 1 aromatic carbocycles. The first-order valence-electron chi connectivity index (χ1n) is 8.04. The van der Waals surface area contributed by atoms with Crippen molar-refractivity contribution in [3.05, 3.63) is 36.2 Å². The Labute approximate surface area is 142 Å². The third-order valence-electron chi connectivity index (χ3n) is 3.12. The topological polar surface area (TPSA) is 76.1 Å². The quantitative estimate of drug-likeness (QED) is 0.841. The second-order valence-corrected chi connectivity index (χ2v) is 6.15. The fraction of sp³-hybridized carbons (Fsp3) is 0.389. The molecule has 0 aliphatic heterocycles. The maximum absolute atomic E-state index is 11.7. The van der Waals surface area contributed by atoms with Crippen LogP contribution in [0.2, 0.25) is 0 Å². The van der Waals surface area contributed by atoms with Gasteiger partial charge in [0.15, 0.2) is 0 Å². The van der Waals surface area contributed by atoms with Crippen LogP contribution in [0.3, 0.4) is 0 Å². The van der Waals surface area contributed by atoms with E-state index < -0.39 is 0 Å². The molecule has 0 radical (unpaired) electrons. The number of aryl methyl sites for hydroxylation is 1. The van der Waals surface area contributed by atoms with Crippen LogP contribution in [0.1, 0.15) is 33.5 Å². The lowest BCUT2D eigenvalue weighted by Gasteiger charge is -2.12. The zero-order chi connectivity index (χ0) is 17.7. The molecule has 0 saturated heterocycles. The Morgan fingerprint density at radius 1 is 1.04 bits per heavy atom. The number of carbonyl (C=O) groups is 1. The Morgan fingerprint density at radius 3 is 2.25 bits per heavy atom. The highest BCUT2D eigenvalue weighted by atomic mass is 16.5. The van der Waals surface area contributed by atoms with Crippen molar-refractivity contribution in [2.45, 2.75) is 40.7 Å². The summed E-state index contributed by atoms with van der Waals surface area (Å²) in [5.74, 6) is 1.79. The number of amides is 1. The number of rotatable bonds is 6. The lowest BCUT2D eigenvalue weighted by molar-refractivity contribution is -0.118. The molecule has 24 heavy (non-hydrogen) atoms. The number of benzene rings is 1. The van der Waals surface area contributed by atoms with Crippen molar-refractivity contribution >= 4 is 23.1 Å². The van der Waals surface area contributed by atoms with E-state index in [1.807, 2.05) is 58.9 Å². The number of nitrogens with zero attached hydrogens (tertiary/aromatic N) is 2. The van der Waals surface area contributed by atoms with Gasteiger partial charge >= 0.3 is 0 Å². The van der Waals surface area contributed by atoms with Gasteiger partial charge in [0, 0.05) is 23.4 Å². The number of nitrogens with one attached hydrogen (secondary N) is 2. The molecule has 0 atom stereocenters. The standard InChI is InChI=1S/C18H24N4O2/c1-11(2)18(23)22-15-8-6-14(7-9-15)21-16-10-17(24-12(3)4)20-13(5)19-16/h6-12H,1-5H3,(H,22,23)(H,19,20,21). The van der Waals surface area contributed by atoms with Crippen LogP contribution in [0.25, 0.3) is 0 Å². The smallest absolute Gasteiger partial charge is 0.226 e. The molecule has 0 fully saturated rings. The second kappa shape index (κ2) is 7.77. The van der Waals surface area contributed by atoms with E-state index in [1.54, 1.807) is 6.07 Å². The van der Waals surface area contributed by atoms with Crippen molar-refractivity contribution in [2.24, 2.45) is 5.92 Å². The first kappa shape index (κ1) is 17.7. The fourth-order valence-electron chi connectivity index (χ4n) is 1.98. The molecule has 2 N–H and O–H groups in total. The minimum absolute atomic E-state index is 0.00221. The van der Waals surface area contributed by atoms with E-state index in [0.29, 0.717) is 17.5 Å². The molecule has 0 aliphatic carbocycles. The summed E-state index contributed by atoms with van der Waals surface area (Å²) in [4.78, 5) is 20.3. The van der Waals surface area contributed by atoms with Crippen molar-refractivity contribution in [2.75, 3.05) is 10.6 Å². The van der Waals surface area contributed by atoms with Gasteiger partial charge in [0.2, 0.25) is 11.8 Å². The van der Waals surface area contributed by atoms with E-state index in [0.717, 1.165) is 11.4 Å². The summed E-state index contributed by atoms with van der Waals surface area (Å²) < 4.78 is 5.62. The van der Waals surface area contributed by atoms with E-state index in [9.17, 15) is 4.79 Å². The number of ether oxygens (including phenoxy) is 1. The minimum atomic E-state index is -0.0498. The highest BCUT2D eigenvalue weighted by Gasteiger charge is 2.08. The molecule has 0 saturated carbocycles. The summed E-state index contributed by atoms with van der Waals surface area (Å²) in [6, 6.07) is 9.23. The first-order valence-corrected chi connectivity index (χ1v) is 8.04. The lowest BCUT2D eigenvalue weighted by atomic mass is 10.2. The summed E-state index contributed by atoms with van der Waals surface area (Å²) in [5, 5.41) is 6.08. The van der Waals surface area contributed by atoms with E-state index >= 15 is 0 Å². The number of aromatic nitrogens is 2. The van der Waals surface area contributed by atoms with Crippen LogP contribution in [0.4, 0.5) is 17.2 Å². The van der Waals surface area contributed by atoms with Crippen LogP contribution in [-0.4, -0.2) is 22.0 Å². The van der Waals surface area contributed by atoms with Gasteiger partial charge < -0.3 is 15.4 Å². The van der Waals surface area contributed by atoms with E-state index in [1.165, 1.54) is 0 Å². The van der Waals surface area contributed by atoms with Gasteiger partial charge in [-0.05, 0) is 45.0 Å². The Balaban J connectivity index is 2.08. The normalized spacial score (nSPS) is 10.8. The molecule has 1 aromatic heterocycles. The fourth-order valence-corrected chi connectivity index (χ4v) is 1.98. The van der Waals surface area contributed by atoms with Crippen LogP contribution in [0, 0.1) is 12.8 Å². The third kappa shape index (κ3) is 5.22. The van der Waals surface area contributed by atoms with Crippen LogP contribution in [-0.2, 0) is 4.79 Å². The molecule has 6 heteroatoms. The molecular weight excluding hydrogens is 304 g/mol. The minimum Gasteiger partial charge on any atom is -0.475 e. The van der Waals surface area contributed by atoms with E-state index in [4.69, 9.17) is 4.74 Å². The number of anilines is 3. The summed E-state index contributed by atoms with van der Waals surface area (Å²) in [5.41, 5.74) is 1.63. The van der Waals surface area contributed by atoms with Crippen LogP contribution in [0.15, 0.2) is 30.3 Å². The van der Waals surface area contributed by atoms with Gasteiger partial charge in [-0.15, -0.1) is 0 Å². The van der Waals surface area contributed by atoms with Crippen molar-refractivity contribution in [3.8, 4) is 5.88 Å². The highest BCUT2D eigenvalue weighted by Crippen LogP contribution is 2.21. The zero-order valence-corrected chi connectivity index (χ0v) is 14.8. The number of hydrogen-bond donors (Lipinski definition) is 2. The molecule has 1 amide bonds. The van der Waals surface area contributed by atoms with Gasteiger partial charge in [-0.1, -0.05) is 13.8 Å². The van der Waals surface area contributed by atoms with Crippen LogP contribution in [0.5, 0.6) is 5.88 Å². The number of hydrogen-bond acceptors (Lipinski definition) is 5. The summed E-state index contributed by atoms with van der Waals surface area (Å²) in [7, 11) is 0. The molecule has 0 spiro atoms. The SMILES string of the molecule is Cc1nc(Nc2ccc(NC(=O)C(C)C)cc2)cc(OC(C)C)n1. The molecule has 0 aliphatic rings. The molecule has 1 heterocycles. The Morgan fingerprint density at radius 2 is 1.67 bits per heavy atom. The maximum atomic E-state index is 11.7. The van der Waals surface area contributed by atoms with Crippen molar-refractivity contribution < 1.29 is 9.53 Å². The monoisotopic (exact) mass is 328 g/mol. The van der Waals surface area contributed by atoms with Gasteiger partial charge in [0.1, 0.15) is 11.6 Å².